The first-order valence-corrected chi connectivity index (χ1v) is 7.58. The van der Waals surface area contributed by atoms with Crippen molar-refractivity contribution in [1.82, 2.24) is 0 Å². The molecule has 1 aliphatic heterocycles. The molecule has 0 spiro atoms. The molecule has 0 fully saturated rings. The predicted molar refractivity (Wildman–Crippen MR) is 87.0 cm³/mol. The van der Waals surface area contributed by atoms with Crippen LogP contribution >= 0.6 is 0 Å². The molecular formula is C19H21NO. The van der Waals surface area contributed by atoms with Gasteiger partial charge in [-0.3, -0.25) is 4.79 Å². The fraction of sp³-hybridized carbons (Fsp3) is 0.316. The van der Waals surface area contributed by atoms with Crippen LogP contribution in [0.15, 0.2) is 42.5 Å². The highest BCUT2D eigenvalue weighted by Crippen LogP contribution is 2.28. The van der Waals surface area contributed by atoms with E-state index < -0.39 is 0 Å². The number of carbonyl (C=O) groups is 1. The van der Waals surface area contributed by atoms with Gasteiger partial charge >= 0.3 is 0 Å². The molecule has 0 unspecified atom stereocenters. The van der Waals surface area contributed by atoms with Crippen LogP contribution in [-0.4, -0.2) is 12.3 Å². The van der Waals surface area contributed by atoms with Gasteiger partial charge in [-0.05, 0) is 43.5 Å². The molecule has 0 bridgehead atoms. The highest BCUT2D eigenvalue weighted by molar-refractivity contribution is 6.01. The number of benzene rings is 2. The van der Waals surface area contributed by atoms with Crippen molar-refractivity contribution < 1.29 is 4.79 Å². The van der Waals surface area contributed by atoms with Gasteiger partial charge in [-0.25, -0.2) is 0 Å². The Morgan fingerprint density at radius 1 is 1.10 bits per heavy atom. The number of hydrogen-bond donors (Lipinski definition) is 0. The molecule has 2 heteroatoms. The lowest BCUT2D eigenvalue weighted by molar-refractivity contribution is 0.0984. The number of fused-ring (bicyclic) bond motifs is 1. The summed E-state index contributed by atoms with van der Waals surface area (Å²) in [5, 5.41) is 0. The van der Waals surface area contributed by atoms with Crippen molar-refractivity contribution in [3.05, 3.63) is 64.7 Å². The van der Waals surface area contributed by atoms with Gasteiger partial charge in [0.15, 0.2) is 5.78 Å². The Bertz CT molecular complexity index is 675. The van der Waals surface area contributed by atoms with Gasteiger partial charge in [0.1, 0.15) is 0 Å². The number of hydrogen-bond acceptors (Lipinski definition) is 2. The van der Waals surface area contributed by atoms with Crippen LogP contribution in [0.3, 0.4) is 0 Å². The third-order valence-electron chi connectivity index (χ3n) is 4.24. The lowest BCUT2D eigenvalue weighted by Gasteiger charge is -2.25. The molecule has 1 aliphatic rings. The minimum Gasteiger partial charge on any atom is -0.367 e. The largest absolute Gasteiger partial charge is 0.367 e. The van der Waals surface area contributed by atoms with Gasteiger partial charge in [-0.2, -0.15) is 0 Å². The lowest BCUT2D eigenvalue weighted by atomic mass is 10.0. The Hall–Kier alpha value is -2.09. The van der Waals surface area contributed by atoms with Crippen molar-refractivity contribution in [2.45, 2.75) is 33.2 Å². The molecule has 0 amide bonds. The first kappa shape index (κ1) is 13.9. The molecule has 0 saturated heterocycles. The monoisotopic (exact) mass is 279 g/mol. The molecule has 0 aliphatic carbocycles. The maximum atomic E-state index is 12.2. The second-order valence-electron chi connectivity index (χ2n) is 5.90. The minimum atomic E-state index is 0.272. The second-order valence-corrected chi connectivity index (χ2v) is 5.90. The van der Waals surface area contributed by atoms with Crippen molar-refractivity contribution >= 4 is 11.5 Å². The average Bonchev–Trinajstić information content (AvgIpc) is 2.64. The first-order chi connectivity index (χ1) is 10.1. The number of ketones is 1. The van der Waals surface area contributed by atoms with Crippen LogP contribution in [-0.2, 0) is 6.54 Å². The topological polar surface area (TPSA) is 20.3 Å². The molecule has 0 radical (unpaired) electrons. The fourth-order valence-electron chi connectivity index (χ4n) is 3.01. The van der Waals surface area contributed by atoms with Gasteiger partial charge in [0, 0.05) is 30.8 Å². The highest BCUT2D eigenvalue weighted by atomic mass is 16.1. The number of para-hydroxylation sites is 1. The van der Waals surface area contributed by atoms with E-state index in [2.05, 4.69) is 43.0 Å². The van der Waals surface area contributed by atoms with Gasteiger partial charge in [0.05, 0.1) is 0 Å². The van der Waals surface area contributed by atoms with E-state index in [9.17, 15) is 4.79 Å². The van der Waals surface area contributed by atoms with Crippen LogP contribution in [0.4, 0.5) is 5.69 Å². The molecule has 0 saturated carbocycles. The number of carbonyl (C=O) groups excluding carboxylic acids is 1. The summed E-state index contributed by atoms with van der Waals surface area (Å²) in [4.78, 5) is 14.5. The molecule has 3 rings (SSSR count). The van der Waals surface area contributed by atoms with Gasteiger partial charge in [-0.1, -0.05) is 35.9 Å². The molecule has 0 aromatic heterocycles. The van der Waals surface area contributed by atoms with Crippen LogP contribution in [0.2, 0.25) is 0 Å². The van der Waals surface area contributed by atoms with Crippen LogP contribution in [0.25, 0.3) is 0 Å². The zero-order valence-electron chi connectivity index (χ0n) is 12.7. The summed E-state index contributed by atoms with van der Waals surface area (Å²) in [6.45, 7) is 6.10. The Balaban J connectivity index is 1.97. The van der Waals surface area contributed by atoms with E-state index in [1.54, 1.807) is 0 Å². The van der Waals surface area contributed by atoms with Gasteiger partial charge in [0.25, 0.3) is 0 Å². The zero-order valence-corrected chi connectivity index (χ0v) is 12.7. The van der Waals surface area contributed by atoms with Crippen molar-refractivity contribution in [2.24, 2.45) is 0 Å². The second kappa shape index (κ2) is 5.72. The van der Waals surface area contributed by atoms with Crippen molar-refractivity contribution in [3.63, 3.8) is 0 Å². The minimum absolute atomic E-state index is 0.272. The zero-order chi connectivity index (χ0) is 14.8. The van der Waals surface area contributed by atoms with E-state index in [1.807, 2.05) is 18.2 Å². The first-order valence-electron chi connectivity index (χ1n) is 7.58. The Labute approximate surface area is 126 Å². The van der Waals surface area contributed by atoms with Gasteiger partial charge in [0.2, 0.25) is 0 Å². The summed E-state index contributed by atoms with van der Waals surface area (Å²) in [7, 11) is 0. The molecule has 21 heavy (non-hydrogen) atoms. The molecule has 0 N–H and O–H groups in total. The van der Waals surface area contributed by atoms with E-state index in [1.165, 1.54) is 16.7 Å². The third-order valence-corrected chi connectivity index (χ3v) is 4.24. The molecular weight excluding hydrogens is 258 g/mol. The van der Waals surface area contributed by atoms with E-state index in [-0.39, 0.29) is 5.78 Å². The summed E-state index contributed by atoms with van der Waals surface area (Å²) in [6, 6.07) is 14.6. The number of rotatable bonds is 2. The number of aryl methyl sites for hydroxylation is 2. The van der Waals surface area contributed by atoms with E-state index in [0.29, 0.717) is 6.42 Å². The number of anilines is 1. The Kier molecular flexibility index (Phi) is 3.78. The van der Waals surface area contributed by atoms with Gasteiger partial charge in [-0.15, -0.1) is 0 Å². The number of nitrogens with zero attached hydrogens (tertiary/aromatic N) is 1. The maximum absolute atomic E-state index is 12.2. The molecule has 2 aromatic carbocycles. The standard InChI is InChI=1S/C19H21NO/c1-14-9-10-15(2)16(12-14)13-20-11-5-8-19(21)17-6-3-4-7-18(17)20/h3-4,6-7,9-10,12H,5,8,11,13H2,1-2H3. The van der Waals surface area contributed by atoms with E-state index in [4.69, 9.17) is 0 Å². The Morgan fingerprint density at radius 2 is 1.90 bits per heavy atom. The lowest BCUT2D eigenvalue weighted by Crippen LogP contribution is -2.24. The molecule has 2 nitrogen and oxygen atoms in total. The smallest absolute Gasteiger partial charge is 0.165 e. The molecule has 0 atom stereocenters. The fourth-order valence-corrected chi connectivity index (χ4v) is 3.01. The summed E-state index contributed by atoms with van der Waals surface area (Å²) in [5.74, 6) is 0.272. The van der Waals surface area contributed by atoms with E-state index >= 15 is 0 Å². The SMILES string of the molecule is Cc1ccc(C)c(CN2CCCC(=O)c3ccccc32)c1. The normalized spacial score (nSPS) is 14.8. The summed E-state index contributed by atoms with van der Waals surface area (Å²) < 4.78 is 0. The summed E-state index contributed by atoms with van der Waals surface area (Å²) in [6.07, 6.45) is 1.58. The Morgan fingerprint density at radius 3 is 2.76 bits per heavy atom. The average molecular weight is 279 g/mol. The van der Waals surface area contributed by atoms with Crippen molar-refractivity contribution in [2.75, 3.05) is 11.4 Å². The summed E-state index contributed by atoms with van der Waals surface area (Å²) >= 11 is 0. The van der Waals surface area contributed by atoms with Crippen molar-refractivity contribution in [3.8, 4) is 0 Å². The maximum Gasteiger partial charge on any atom is 0.165 e. The van der Waals surface area contributed by atoms with Crippen LogP contribution in [0, 0.1) is 13.8 Å². The van der Waals surface area contributed by atoms with Crippen LogP contribution in [0.1, 0.15) is 39.9 Å². The van der Waals surface area contributed by atoms with Crippen molar-refractivity contribution in [1.29, 1.82) is 0 Å². The summed E-state index contributed by atoms with van der Waals surface area (Å²) in [5.41, 5.74) is 5.91. The number of Topliss-reactive ketones (excluding diaryl/α,β-unsaturated/α-hetero) is 1. The molecule has 2 aromatic rings. The molecule has 108 valence electrons. The highest BCUT2D eigenvalue weighted by Gasteiger charge is 2.20. The van der Waals surface area contributed by atoms with Crippen LogP contribution in [0.5, 0.6) is 0 Å². The predicted octanol–water partition coefficient (Wildman–Crippen LogP) is 4.29. The third kappa shape index (κ3) is 2.85. The van der Waals surface area contributed by atoms with Gasteiger partial charge < -0.3 is 4.90 Å². The van der Waals surface area contributed by atoms with Crippen LogP contribution < -0.4 is 4.90 Å². The van der Waals surface area contributed by atoms with E-state index in [0.717, 1.165) is 30.8 Å². The molecule has 1 heterocycles. The quantitative estimate of drug-likeness (QED) is 0.817.